The van der Waals surface area contributed by atoms with Gasteiger partial charge in [-0.05, 0) is 12.1 Å². The van der Waals surface area contributed by atoms with E-state index in [1.165, 1.54) is 0 Å². The van der Waals surface area contributed by atoms with Gasteiger partial charge in [0.05, 0.1) is 30.3 Å². The molecule has 2 aromatic rings. The van der Waals surface area contributed by atoms with Crippen LogP contribution in [-0.4, -0.2) is 37.2 Å². The molecule has 1 saturated heterocycles. The fraction of sp³-hybridized carbons (Fsp3) is 0.412. The molecule has 0 saturated carbocycles. The van der Waals surface area contributed by atoms with Gasteiger partial charge in [-0.2, -0.15) is 0 Å². The minimum absolute atomic E-state index is 0.0219. The number of benzene rings is 1. The summed E-state index contributed by atoms with van der Waals surface area (Å²) in [6.07, 6.45) is 2.55. The number of oxazole rings is 1. The van der Waals surface area contributed by atoms with Crippen LogP contribution in [0.2, 0.25) is 0 Å². The third kappa shape index (κ3) is 4.10. The maximum absolute atomic E-state index is 12.2. The van der Waals surface area contributed by atoms with Gasteiger partial charge in [0, 0.05) is 32.9 Å². The number of carbonyl (C=O) groups is 1. The summed E-state index contributed by atoms with van der Waals surface area (Å²) in [6.45, 7) is 4.90. The van der Waals surface area contributed by atoms with Crippen LogP contribution in [0.3, 0.4) is 0 Å². The number of nitrogens with one attached hydrogen (secondary N) is 1. The molecule has 0 bridgehead atoms. The van der Waals surface area contributed by atoms with Gasteiger partial charge in [0.2, 0.25) is 5.91 Å². The van der Waals surface area contributed by atoms with Gasteiger partial charge in [-0.25, -0.2) is 4.98 Å². The Morgan fingerprint density at radius 1 is 1.30 bits per heavy atom. The molecule has 122 valence electrons. The molecular weight excluding hydrogens is 294 g/mol. The molecule has 1 aliphatic heterocycles. The summed E-state index contributed by atoms with van der Waals surface area (Å²) in [7, 11) is 0. The van der Waals surface area contributed by atoms with Gasteiger partial charge >= 0.3 is 0 Å². The molecular formula is C17H21N3O3. The lowest BCUT2D eigenvalue weighted by Gasteiger charge is -2.30. The van der Waals surface area contributed by atoms with Crippen molar-refractivity contribution in [1.29, 1.82) is 0 Å². The van der Waals surface area contributed by atoms with E-state index in [9.17, 15) is 4.79 Å². The molecule has 6 nitrogen and oxygen atoms in total. The van der Waals surface area contributed by atoms with Gasteiger partial charge < -0.3 is 19.4 Å². The zero-order chi connectivity index (χ0) is 16.1. The van der Waals surface area contributed by atoms with E-state index in [0.29, 0.717) is 31.9 Å². The van der Waals surface area contributed by atoms with Crippen LogP contribution in [0, 0.1) is 6.92 Å². The number of aromatic nitrogens is 1. The van der Waals surface area contributed by atoms with Gasteiger partial charge in [-0.15, -0.1) is 0 Å². The average Bonchev–Trinajstić information content (AvgIpc) is 3.00. The molecule has 1 N–H and O–H groups in total. The first-order chi connectivity index (χ1) is 11.2. The van der Waals surface area contributed by atoms with Crippen molar-refractivity contribution in [3.8, 4) is 0 Å². The molecule has 0 atom stereocenters. The molecule has 6 heteroatoms. The third-order valence-corrected chi connectivity index (χ3v) is 3.80. The molecule has 1 fully saturated rings. The van der Waals surface area contributed by atoms with Crippen molar-refractivity contribution in [2.24, 2.45) is 0 Å². The SMILES string of the molecule is Cc1nc(CCC(=O)Nc2ccccc2N2CCOCC2)co1. The lowest BCUT2D eigenvalue weighted by Crippen LogP contribution is -2.36. The van der Waals surface area contributed by atoms with Gasteiger partial charge in [0.1, 0.15) is 6.26 Å². The monoisotopic (exact) mass is 315 g/mol. The highest BCUT2D eigenvalue weighted by Crippen LogP contribution is 2.26. The number of aryl methyl sites for hydroxylation is 2. The Kier molecular flexibility index (Phi) is 4.92. The van der Waals surface area contributed by atoms with E-state index >= 15 is 0 Å². The lowest BCUT2D eigenvalue weighted by molar-refractivity contribution is -0.116. The molecule has 0 spiro atoms. The van der Waals surface area contributed by atoms with Crippen molar-refractivity contribution in [3.05, 3.63) is 42.1 Å². The van der Waals surface area contributed by atoms with E-state index in [4.69, 9.17) is 9.15 Å². The lowest BCUT2D eigenvalue weighted by atomic mass is 10.2. The second-order valence-corrected chi connectivity index (χ2v) is 5.52. The van der Waals surface area contributed by atoms with Gasteiger partial charge in [-0.3, -0.25) is 4.79 Å². The van der Waals surface area contributed by atoms with Gasteiger partial charge in [0.25, 0.3) is 0 Å². The number of morpholine rings is 1. The van der Waals surface area contributed by atoms with E-state index in [1.807, 2.05) is 24.3 Å². The highest BCUT2D eigenvalue weighted by atomic mass is 16.5. The molecule has 1 amide bonds. The molecule has 2 heterocycles. The zero-order valence-electron chi connectivity index (χ0n) is 13.2. The van der Waals surface area contributed by atoms with Crippen molar-refractivity contribution >= 4 is 17.3 Å². The van der Waals surface area contributed by atoms with E-state index < -0.39 is 0 Å². The van der Waals surface area contributed by atoms with Gasteiger partial charge in [0.15, 0.2) is 5.89 Å². The van der Waals surface area contributed by atoms with Crippen molar-refractivity contribution < 1.29 is 13.9 Å². The Morgan fingerprint density at radius 2 is 2.09 bits per heavy atom. The summed E-state index contributed by atoms with van der Waals surface area (Å²) in [5.41, 5.74) is 2.69. The van der Waals surface area contributed by atoms with Crippen LogP contribution in [0.25, 0.3) is 0 Å². The summed E-state index contributed by atoms with van der Waals surface area (Å²) in [4.78, 5) is 18.7. The number of ether oxygens (including phenoxy) is 1. The highest BCUT2D eigenvalue weighted by molar-refractivity contribution is 5.94. The molecule has 3 rings (SSSR count). The van der Waals surface area contributed by atoms with Crippen molar-refractivity contribution in [2.75, 3.05) is 36.5 Å². The smallest absolute Gasteiger partial charge is 0.224 e. The molecule has 0 aliphatic carbocycles. The second kappa shape index (κ2) is 7.28. The van der Waals surface area contributed by atoms with E-state index in [-0.39, 0.29) is 5.91 Å². The molecule has 1 aliphatic rings. The van der Waals surface area contributed by atoms with Crippen LogP contribution >= 0.6 is 0 Å². The van der Waals surface area contributed by atoms with Crippen LogP contribution in [-0.2, 0) is 16.0 Å². The van der Waals surface area contributed by atoms with Crippen LogP contribution < -0.4 is 10.2 Å². The number of rotatable bonds is 5. The minimum atomic E-state index is -0.0219. The van der Waals surface area contributed by atoms with Crippen molar-refractivity contribution in [1.82, 2.24) is 4.98 Å². The number of hydrogen-bond acceptors (Lipinski definition) is 5. The Hall–Kier alpha value is -2.34. The Morgan fingerprint density at radius 3 is 2.83 bits per heavy atom. The first kappa shape index (κ1) is 15.6. The van der Waals surface area contributed by atoms with Crippen LogP contribution in [0.4, 0.5) is 11.4 Å². The quantitative estimate of drug-likeness (QED) is 0.917. The first-order valence-corrected chi connectivity index (χ1v) is 7.85. The van der Waals surface area contributed by atoms with Crippen LogP contribution in [0.1, 0.15) is 18.0 Å². The van der Waals surface area contributed by atoms with Crippen LogP contribution in [0.5, 0.6) is 0 Å². The summed E-state index contributed by atoms with van der Waals surface area (Å²) in [6, 6.07) is 7.88. The summed E-state index contributed by atoms with van der Waals surface area (Å²) >= 11 is 0. The number of para-hydroxylation sites is 2. The molecule has 1 aromatic carbocycles. The maximum atomic E-state index is 12.2. The predicted octanol–water partition coefficient (Wildman–Crippen LogP) is 2.39. The van der Waals surface area contributed by atoms with E-state index in [0.717, 1.165) is 30.2 Å². The first-order valence-electron chi connectivity index (χ1n) is 7.85. The topological polar surface area (TPSA) is 67.6 Å². The summed E-state index contributed by atoms with van der Waals surface area (Å²) in [5, 5.41) is 3.01. The fourth-order valence-electron chi connectivity index (χ4n) is 2.64. The molecule has 0 radical (unpaired) electrons. The zero-order valence-corrected chi connectivity index (χ0v) is 13.2. The van der Waals surface area contributed by atoms with E-state index in [1.54, 1.807) is 13.2 Å². The largest absolute Gasteiger partial charge is 0.449 e. The summed E-state index contributed by atoms with van der Waals surface area (Å²) < 4.78 is 10.5. The standard InChI is InChI=1S/C17H21N3O3/c1-13-18-14(12-23-13)6-7-17(21)19-15-4-2-3-5-16(15)20-8-10-22-11-9-20/h2-5,12H,6-11H2,1H3,(H,19,21). The molecule has 1 aromatic heterocycles. The Balaban J connectivity index is 1.61. The second-order valence-electron chi connectivity index (χ2n) is 5.52. The number of hydrogen-bond donors (Lipinski definition) is 1. The van der Waals surface area contributed by atoms with Crippen LogP contribution in [0.15, 0.2) is 34.9 Å². The predicted molar refractivity (Wildman–Crippen MR) is 87.7 cm³/mol. The fourth-order valence-corrected chi connectivity index (χ4v) is 2.64. The van der Waals surface area contributed by atoms with Crippen molar-refractivity contribution in [3.63, 3.8) is 0 Å². The highest BCUT2D eigenvalue weighted by Gasteiger charge is 2.15. The normalized spacial score (nSPS) is 14.7. The number of nitrogens with zero attached hydrogens (tertiary/aromatic N) is 2. The van der Waals surface area contributed by atoms with Gasteiger partial charge in [-0.1, -0.05) is 12.1 Å². The molecule has 23 heavy (non-hydrogen) atoms. The third-order valence-electron chi connectivity index (χ3n) is 3.80. The number of anilines is 2. The Labute approximate surface area is 135 Å². The van der Waals surface area contributed by atoms with Crippen molar-refractivity contribution in [2.45, 2.75) is 19.8 Å². The molecule has 0 unspecified atom stereocenters. The van der Waals surface area contributed by atoms with E-state index in [2.05, 4.69) is 15.2 Å². The maximum Gasteiger partial charge on any atom is 0.224 e. The Bertz CT molecular complexity index is 663. The number of amides is 1. The minimum Gasteiger partial charge on any atom is -0.449 e. The summed E-state index contributed by atoms with van der Waals surface area (Å²) in [5.74, 6) is 0.601. The number of carbonyl (C=O) groups excluding carboxylic acids is 1. The average molecular weight is 315 g/mol.